The van der Waals surface area contributed by atoms with Crippen molar-refractivity contribution in [3.8, 4) is 6.19 Å². The molecule has 0 aliphatic carbocycles. The minimum Gasteiger partial charge on any atom is -0.337 e. The number of nitriles is 1. The van der Waals surface area contributed by atoms with Crippen LogP contribution in [0, 0.1) is 11.5 Å². The molecule has 2 aliphatic heterocycles. The summed E-state index contributed by atoms with van der Waals surface area (Å²) in [6, 6.07) is 8.40. The van der Waals surface area contributed by atoms with Crippen LogP contribution in [0.4, 0.5) is 5.69 Å². The fourth-order valence-corrected chi connectivity index (χ4v) is 3.11. The zero-order valence-corrected chi connectivity index (χ0v) is 14.7. The van der Waals surface area contributed by atoms with Gasteiger partial charge in [-0.1, -0.05) is 26.0 Å². The zero-order chi connectivity index (χ0) is 18.1. The fourth-order valence-electron chi connectivity index (χ4n) is 3.11. The Labute approximate surface area is 152 Å². The van der Waals surface area contributed by atoms with Gasteiger partial charge in [-0.05, 0) is 23.6 Å². The van der Waals surface area contributed by atoms with Crippen LogP contribution in [0.5, 0.6) is 0 Å². The molecular formula is C19H19N7. The topological polar surface area (TPSA) is 81.6 Å². The summed E-state index contributed by atoms with van der Waals surface area (Å²) in [7, 11) is 0. The molecule has 26 heavy (non-hydrogen) atoms. The van der Waals surface area contributed by atoms with Gasteiger partial charge in [0, 0.05) is 29.8 Å². The van der Waals surface area contributed by atoms with Gasteiger partial charge in [0.1, 0.15) is 0 Å². The minimum absolute atomic E-state index is 0.0268. The quantitative estimate of drug-likeness (QED) is 0.927. The average molecular weight is 345 g/mol. The van der Waals surface area contributed by atoms with Crippen molar-refractivity contribution in [2.75, 3.05) is 11.9 Å². The monoisotopic (exact) mass is 345 g/mol. The van der Waals surface area contributed by atoms with E-state index in [2.05, 4.69) is 63.4 Å². The van der Waals surface area contributed by atoms with E-state index in [-0.39, 0.29) is 6.04 Å². The molecule has 0 amide bonds. The number of aromatic nitrogens is 2. The molecule has 130 valence electrons. The molecule has 4 rings (SSSR count). The molecule has 1 aromatic heterocycles. The lowest BCUT2D eigenvalue weighted by atomic mass is 10.0. The highest BCUT2D eigenvalue weighted by Gasteiger charge is 2.32. The largest absolute Gasteiger partial charge is 0.337 e. The molecule has 2 aliphatic rings. The van der Waals surface area contributed by atoms with Crippen LogP contribution in [0.15, 0.2) is 59.0 Å². The van der Waals surface area contributed by atoms with Gasteiger partial charge >= 0.3 is 0 Å². The highest BCUT2D eigenvalue weighted by Crippen LogP contribution is 2.29. The predicted molar refractivity (Wildman–Crippen MR) is 101 cm³/mol. The van der Waals surface area contributed by atoms with Gasteiger partial charge in [-0.25, -0.2) is 4.99 Å². The first-order valence-corrected chi connectivity index (χ1v) is 8.55. The molecule has 0 fully saturated rings. The second-order valence-electron chi connectivity index (χ2n) is 6.58. The van der Waals surface area contributed by atoms with E-state index in [4.69, 9.17) is 5.26 Å². The van der Waals surface area contributed by atoms with Crippen LogP contribution in [0.1, 0.15) is 36.9 Å². The highest BCUT2D eigenvalue weighted by atomic mass is 15.3. The number of hydrogen-bond acceptors (Lipinski definition) is 6. The molecule has 7 nitrogen and oxygen atoms in total. The Hall–Kier alpha value is -3.40. The first kappa shape index (κ1) is 16.1. The molecule has 1 aromatic carbocycles. The number of benzene rings is 1. The van der Waals surface area contributed by atoms with Gasteiger partial charge in [0.15, 0.2) is 11.7 Å². The van der Waals surface area contributed by atoms with Crippen LogP contribution in [0.25, 0.3) is 0 Å². The van der Waals surface area contributed by atoms with E-state index in [9.17, 15) is 0 Å². The Morgan fingerprint density at radius 3 is 2.77 bits per heavy atom. The van der Waals surface area contributed by atoms with E-state index in [0.29, 0.717) is 12.5 Å². The molecular weight excluding hydrogens is 326 g/mol. The van der Waals surface area contributed by atoms with Crippen molar-refractivity contribution in [2.45, 2.75) is 25.8 Å². The average Bonchev–Trinajstić information content (AvgIpc) is 3.29. The third-order valence-corrected chi connectivity index (χ3v) is 4.57. The van der Waals surface area contributed by atoms with Crippen molar-refractivity contribution < 1.29 is 0 Å². The van der Waals surface area contributed by atoms with Gasteiger partial charge in [-0.2, -0.15) is 15.0 Å². The molecule has 2 aromatic rings. The zero-order valence-electron chi connectivity index (χ0n) is 14.7. The summed E-state index contributed by atoms with van der Waals surface area (Å²) in [5, 5.41) is 16.3. The number of anilines is 1. The maximum Gasteiger partial charge on any atom is 0.206 e. The minimum atomic E-state index is 0.0268. The summed E-state index contributed by atoms with van der Waals surface area (Å²) >= 11 is 0. The molecule has 0 spiro atoms. The Kier molecular flexibility index (Phi) is 4.01. The van der Waals surface area contributed by atoms with Gasteiger partial charge in [0.05, 0.1) is 18.8 Å². The van der Waals surface area contributed by atoms with Crippen LogP contribution in [0.3, 0.4) is 0 Å². The summed E-state index contributed by atoms with van der Waals surface area (Å²) in [5.41, 5.74) is 3.24. The fraction of sp³-hybridized carbons (Fsp3) is 0.263. The Balaban J connectivity index is 1.52. The van der Waals surface area contributed by atoms with Crippen LogP contribution < -0.4 is 5.32 Å². The molecule has 3 heterocycles. The standard InChI is InChI=1S/C19H19N7/c1-13(2)14-3-5-16(6-4-14)24-18-19-22-10-17(26(19)8-7-21-18)15-9-23-25(11-15)12-20/h3-9,11,13,17H,10H2,1-2H3,(H,21,24). The lowest BCUT2D eigenvalue weighted by Gasteiger charge is -2.26. The van der Waals surface area contributed by atoms with Crippen LogP contribution in [-0.2, 0) is 0 Å². The number of amidine groups is 2. The van der Waals surface area contributed by atoms with Crippen LogP contribution >= 0.6 is 0 Å². The number of nitrogens with one attached hydrogen (secondary N) is 1. The Bertz CT molecular complexity index is 941. The van der Waals surface area contributed by atoms with Crippen LogP contribution in [0.2, 0.25) is 0 Å². The first-order chi connectivity index (χ1) is 12.7. The molecule has 1 unspecified atom stereocenters. The molecule has 0 bridgehead atoms. The van der Waals surface area contributed by atoms with E-state index in [1.165, 1.54) is 10.2 Å². The predicted octanol–water partition coefficient (Wildman–Crippen LogP) is 3.09. The second-order valence-corrected chi connectivity index (χ2v) is 6.58. The normalized spacial score (nSPS) is 18.4. The smallest absolute Gasteiger partial charge is 0.206 e. The molecule has 0 saturated carbocycles. The third-order valence-electron chi connectivity index (χ3n) is 4.57. The van der Waals surface area contributed by atoms with E-state index in [0.717, 1.165) is 22.9 Å². The number of rotatable bonds is 3. The number of nitrogens with zero attached hydrogens (tertiary/aromatic N) is 6. The number of aliphatic imine (C=N–C) groups is 2. The Morgan fingerprint density at radius 1 is 1.27 bits per heavy atom. The van der Waals surface area contributed by atoms with E-state index in [1.54, 1.807) is 18.6 Å². The van der Waals surface area contributed by atoms with Gasteiger partial charge < -0.3 is 10.2 Å². The number of hydrogen-bond donors (Lipinski definition) is 1. The van der Waals surface area contributed by atoms with Gasteiger partial charge in [-0.15, -0.1) is 0 Å². The lowest BCUT2D eigenvalue weighted by Crippen LogP contribution is -2.37. The van der Waals surface area contributed by atoms with Crippen molar-refractivity contribution in [1.82, 2.24) is 14.7 Å². The van der Waals surface area contributed by atoms with Crippen molar-refractivity contribution in [3.63, 3.8) is 0 Å². The molecule has 1 N–H and O–H groups in total. The van der Waals surface area contributed by atoms with Crippen molar-refractivity contribution in [1.29, 1.82) is 5.26 Å². The Morgan fingerprint density at radius 2 is 2.08 bits per heavy atom. The highest BCUT2D eigenvalue weighted by molar-refractivity contribution is 6.45. The first-order valence-electron chi connectivity index (χ1n) is 8.55. The maximum atomic E-state index is 8.95. The van der Waals surface area contributed by atoms with E-state index in [1.807, 2.05) is 12.4 Å². The van der Waals surface area contributed by atoms with E-state index < -0.39 is 0 Å². The summed E-state index contributed by atoms with van der Waals surface area (Å²) in [5.74, 6) is 2.03. The van der Waals surface area contributed by atoms with Gasteiger partial charge in [0.25, 0.3) is 0 Å². The summed E-state index contributed by atoms with van der Waals surface area (Å²) in [6.45, 7) is 4.96. The lowest BCUT2D eigenvalue weighted by molar-refractivity contribution is 0.458. The van der Waals surface area contributed by atoms with Gasteiger partial charge in [-0.3, -0.25) is 4.99 Å². The molecule has 1 atom stereocenters. The molecule has 7 heteroatoms. The molecule has 0 saturated heterocycles. The maximum absolute atomic E-state index is 8.95. The summed E-state index contributed by atoms with van der Waals surface area (Å²) in [6.07, 6.45) is 9.11. The van der Waals surface area contributed by atoms with Crippen molar-refractivity contribution in [3.05, 3.63) is 60.2 Å². The third kappa shape index (κ3) is 2.86. The number of fused-ring (bicyclic) bond motifs is 1. The SMILES string of the molecule is CC(C)c1ccc(NC2=NC=CN3C2=NCC3c2cnn(C#N)c2)cc1. The van der Waals surface area contributed by atoms with Crippen molar-refractivity contribution in [2.24, 2.45) is 9.98 Å². The molecule has 0 radical (unpaired) electrons. The van der Waals surface area contributed by atoms with Gasteiger partial charge in [0.2, 0.25) is 6.19 Å². The summed E-state index contributed by atoms with van der Waals surface area (Å²) < 4.78 is 1.25. The summed E-state index contributed by atoms with van der Waals surface area (Å²) in [4.78, 5) is 11.2. The van der Waals surface area contributed by atoms with Crippen molar-refractivity contribution >= 4 is 17.4 Å². The second kappa shape index (κ2) is 6.48. The van der Waals surface area contributed by atoms with E-state index >= 15 is 0 Å². The van der Waals surface area contributed by atoms with Crippen LogP contribution in [-0.4, -0.2) is 32.9 Å².